The molecule has 0 aliphatic rings. The summed E-state index contributed by atoms with van der Waals surface area (Å²) < 4.78 is 10.8. The van der Waals surface area contributed by atoms with E-state index in [9.17, 15) is 0 Å². The molecule has 20 heavy (non-hydrogen) atoms. The molecule has 5 heteroatoms. The summed E-state index contributed by atoms with van der Waals surface area (Å²) in [5, 5.41) is 0. The first-order valence-electron chi connectivity index (χ1n) is 6.49. The van der Waals surface area contributed by atoms with Crippen LogP contribution in [-0.4, -0.2) is 20.3 Å². The minimum absolute atomic E-state index is 0.0626. The lowest BCUT2D eigenvalue weighted by molar-refractivity contribution is 0.145. The molecule has 0 saturated heterocycles. The molecule has 1 atom stereocenters. The van der Waals surface area contributed by atoms with Crippen molar-refractivity contribution in [3.05, 3.63) is 51.7 Å². The van der Waals surface area contributed by atoms with Gasteiger partial charge in [-0.05, 0) is 25.1 Å². The highest BCUT2D eigenvalue weighted by molar-refractivity contribution is 7.12. The van der Waals surface area contributed by atoms with E-state index in [0.717, 1.165) is 11.3 Å². The zero-order valence-corrected chi connectivity index (χ0v) is 12.6. The first kappa shape index (κ1) is 15.0. The highest BCUT2D eigenvalue weighted by Crippen LogP contribution is 2.33. The van der Waals surface area contributed by atoms with E-state index in [-0.39, 0.29) is 6.04 Å². The van der Waals surface area contributed by atoms with E-state index >= 15 is 0 Å². The summed E-state index contributed by atoms with van der Waals surface area (Å²) in [4.78, 5) is 2.44. The second-order valence-electron chi connectivity index (χ2n) is 4.43. The average molecular weight is 292 g/mol. The van der Waals surface area contributed by atoms with E-state index < -0.39 is 0 Å². The fourth-order valence-electron chi connectivity index (χ4n) is 2.02. The SMILES string of the molecule is COCCOc1ccccc1C(NN)c1ccc(C)s1. The predicted molar refractivity (Wildman–Crippen MR) is 82.0 cm³/mol. The molecular formula is C15H20N2O2S. The first-order chi connectivity index (χ1) is 9.76. The van der Waals surface area contributed by atoms with Crippen LogP contribution in [0.5, 0.6) is 5.75 Å². The van der Waals surface area contributed by atoms with Crippen molar-refractivity contribution >= 4 is 11.3 Å². The van der Waals surface area contributed by atoms with Crippen molar-refractivity contribution in [1.82, 2.24) is 5.43 Å². The minimum atomic E-state index is -0.0626. The van der Waals surface area contributed by atoms with E-state index in [1.807, 2.05) is 24.3 Å². The van der Waals surface area contributed by atoms with Crippen LogP contribution in [0.1, 0.15) is 21.4 Å². The van der Waals surface area contributed by atoms with Gasteiger partial charge >= 0.3 is 0 Å². The summed E-state index contributed by atoms with van der Waals surface area (Å²) in [6, 6.07) is 12.1. The van der Waals surface area contributed by atoms with Gasteiger partial charge in [0.05, 0.1) is 12.6 Å². The number of hydrogen-bond acceptors (Lipinski definition) is 5. The van der Waals surface area contributed by atoms with E-state index in [0.29, 0.717) is 13.2 Å². The third-order valence-corrected chi connectivity index (χ3v) is 4.05. The van der Waals surface area contributed by atoms with Crippen LogP contribution < -0.4 is 16.0 Å². The summed E-state index contributed by atoms with van der Waals surface area (Å²) in [6.45, 7) is 3.17. The Balaban J connectivity index is 2.25. The van der Waals surface area contributed by atoms with Gasteiger partial charge in [0.25, 0.3) is 0 Å². The van der Waals surface area contributed by atoms with Crippen LogP contribution in [-0.2, 0) is 4.74 Å². The van der Waals surface area contributed by atoms with Crippen molar-refractivity contribution in [3.8, 4) is 5.75 Å². The third-order valence-electron chi connectivity index (χ3n) is 2.99. The summed E-state index contributed by atoms with van der Waals surface area (Å²) in [6.07, 6.45) is 0. The fourth-order valence-corrected chi connectivity index (χ4v) is 2.98. The highest BCUT2D eigenvalue weighted by atomic mass is 32.1. The molecule has 1 unspecified atom stereocenters. The maximum absolute atomic E-state index is 5.77. The van der Waals surface area contributed by atoms with Crippen molar-refractivity contribution < 1.29 is 9.47 Å². The Morgan fingerprint density at radius 2 is 2.00 bits per heavy atom. The number of rotatable bonds is 7. The fraction of sp³-hybridized carbons (Fsp3) is 0.333. The van der Waals surface area contributed by atoms with Crippen LogP contribution in [0.4, 0.5) is 0 Å². The second-order valence-corrected chi connectivity index (χ2v) is 5.75. The Morgan fingerprint density at radius 3 is 2.65 bits per heavy atom. The maximum atomic E-state index is 5.77. The van der Waals surface area contributed by atoms with Crippen LogP contribution in [0.25, 0.3) is 0 Å². The molecule has 0 aliphatic heterocycles. The van der Waals surface area contributed by atoms with Gasteiger partial charge < -0.3 is 9.47 Å². The summed E-state index contributed by atoms with van der Waals surface area (Å²) in [7, 11) is 1.66. The van der Waals surface area contributed by atoms with E-state index in [4.69, 9.17) is 15.3 Å². The van der Waals surface area contributed by atoms with Crippen molar-refractivity contribution in [1.29, 1.82) is 0 Å². The number of aryl methyl sites for hydroxylation is 1. The summed E-state index contributed by atoms with van der Waals surface area (Å²) in [5.41, 5.74) is 3.91. The van der Waals surface area contributed by atoms with Gasteiger partial charge in [0.2, 0.25) is 0 Å². The Kier molecular flexibility index (Phi) is 5.55. The maximum Gasteiger partial charge on any atom is 0.124 e. The molecule has 1 aromatic heterocycles. The van der Waals surface area contributed by atoms with Gasteiger partial charge in [-0.15, -0.1) is 11.3 Å². The standard InChI is InChI=1S/C15H20N2O2S/c1-11-7-8-14(20-11)15(17-16)12-5-3-4-6-13(12)19-10-9-18-2/h3-8,15,17H,9-10,16H2,1-2H3. The highest BCUT2D eigenvalue weighted by Gasteiger charge is 2.18. The quantitative estimate of drug-likeness (QED) is 0.468. The predicted octanol–water partition coefficient (Wildman–Crippen LogP) is 2.63. The Hall–Kier alpha value is -1.40. The lowest BCUT2D eigenvalue weighted by Crippen LogP contribution is -2.28. The van der Waals surface area contributed by atoms with Gasteiger partial charge in [0.15, 0.2) is 0 Å². The molecule has 1 heterocycles. The molecule has 0 bridgehead atoms. The van der Waals surface area contributed by atoms with Gasteiger partial charge in [0.1, 0.15) is 12.4 Å². The number of ether oxygens (including phenoxy) is 2. The molecule has 2 rings (SSSR count). The first-order valence-corrected chi connectivity index (χ1v) is 7.31. The van der Waals surface area contributed by atoms with Gasteiger partial charge in [-0.25, -0.2) is 5.43 Å². The Labute approximate surface area is 123 Å². The molecule has 0 saturated carbocycles. The van der Waals surface area contributed by atoms with Crippen LogP contribution >= 0.6 is 11.3 Å². The van der Waals surface area contributed by atoms with Gasteiger partial charge in [-0.3, -0.25) is 5.84 Å². The number of hydrazine groups is 1. The van der Waals surface area contributed by atoms with E-state index in [2.05, 4.69) is 24.5 Å². The van der Waals surface area contributed by atoms with Crippen LogP contribution in [0.15, 0.2) is 36.4 Å². The normalized spacial score (nSPS) is 12.3. The zero-order chi connectivity index (χ0) is 14.4. The smallest absolute Gasteiger partial charge is 0.124 e. The second kappa shape index (κ2) is 7.40. The van der Waals surface area contributed by atoms with Crippen LogP contribution in [0.3, 0.4) is 0 Å². The van der Waals surface area contributed by atoms with Crippen molar-refractivity contribution in [2.24, 2.45) is 5.84 Å². The Bertz CT molecular complexity index is 542. The largest absolute Gasteiger partial charge is 0.491 e. The molecule has 0 radical (unpaired) electrons. The van der Waals surface area contributed by atoms with E-state index in [1.165, 1.54) is 9.75 Å². The minimum Gasteiger partial charge on any atom is -0.491 e. The summed E-state index contributed by atoms with van der Waals surface area (Å²) in [5.74, 6) is 6.58. The van der Waals surface area contributed by atoms with E-state index in [1.54, 1.807) is 18.4 Å². The number of para-hydroxylation sites is 1. The molecule has 108 valence electrons. The van der Waals surface area contributed by atoms with Crippen molar-refractivity contribution in [2.75, 3.05) is 20.3 Å². The number of hydrogen-bond donors (Lipinski definition) is 2. The lowest BCUT2D eigenvalue weighted by atomic mass is 10.0. The topological polar surface area (TPSA) is 56.5 Å². The Morgan fingerprint density at radius 1 is 1.20 bits per heavy atom. The molecule has 0 amide bonds. The lowest BCUT2D eigenvalue weighted by Gasteiger charge is -2.19. The number of benzene rings is 1. The van der Waals surface area contributed by atoms with Crippen molar-refractivity contribution in [2.45, 2.75) is 13.0 Å². The van der Waals surface area contributed by atoms with Gasteiger partial charge in [-0.1, -0.05) is 18.2 Å². The molecule has 0 fully saturated rings. The monoisotopic (exact) mass is 292 g/mol. The van der Waals surface area contributed by atoms with Crippen molar-refractivity contribution in [3.63, 3.8) is 0 Å². The molecule has 4 nitrogen and oxygen atoms in total. The molecule has 0 aliphatic carbocycles. The molecule has 2 aromatic rings. The van der Waals surface area contributed by atoms with Crippen LogP contribution in [0.2, 0.25) is 0 Å². The number of nitrogens with two attached hydrogens (primary N) is 1. The zero-order valence-electron chi connectivity index (χ0n) is 11.8. The average Bonchev–Trinajstić information content (AvgIpc) is 2.88. The molecule has 3 N–H and O–H groups in total. The van der Waals surface area contributed by atoms with Gasteiger partial charge in [-0.2, -0.15) is 0 Å². The number of nitrogens with one attached hydrogen (secondary N) is 1. The number of methoxy groups -OCH3 is 1. The molecule has 1 aromatic carbocycles. The van der Waals surface area contributed by atoms with Gasteiger partial charge in [0, 0.05) is 22.4 Å². The molecular weight excluding hydrogens is 272 g/mol. The summed E-state index contributed by atoms with van der Waals surface area (Å²) >= 11 is 1.73. The third kappa shape index (κ3) is 3.58. The molecule has 0 spiro atoms. The number of thiophene rings is 1. The van der Waals surface area contributed by atoms with Crippen LogP contribution in [0, 0.1) is 6.92 Å².